The molecule has 2 aromatic carbocycles. The smallest absolute Gasteiger partial charge is 0.190 e. The summed E-state index contributed by atoms with van der Waals surface area (Å²) in [4.78, 5) is 16.2. The number of aromatic amines is 1. The van der Waals surface area contributed by atoms with Gasteiger partial charge in [-0.1, -0.05) is 49.3 Å². The number of benzene rings is 2. The lowest BCUT2D eigenvalue weighted by Crippen LogP contribution is -2.36. The molecule has 0 aliphatic carbocycles. The number of ketones is 1. The van der Waals surface area contributed by atoms with Crippen molar-refractivity contribution in [3.05, 3.63) is 82.3 Å². The highest BCUT2D eigenvalue weighted by atomic mass is 16.5. The first-order valence-corrected chi connectivity index (χ1v) is 17.6. The summed E-state index contributed by atoms with van der Waals surface area (Å²) in [6.07, 6.45) is 9.67. The largest absolute Gasteiger partial charge is 0.465 e. The topological polar surface area (TPSA) is 155 Å². The third-order valence-electron chi connectivity index (χ3n) is 10.0. The molecule has 7 N–H and O–H groups in total. The number of fused-ring (bicyclic) bond motifs is 7. The van der Waals surface area contributed by atoms with E-state index in [-0.39, 0.29) is 31.2 Å². The summed E-state index contributed by atoms with van der Waals surface area (Å²) in [5, 5.41) is 36.3. The number of hydrogen-bond donors (Lipinski definition) is 6. The van der Waals surface area contributed by atoms with Gasteiger partial charge < -0.3 is 40.1 Å². The summed E-state index contributed by atoms with van der Waals surface area (Å²) in [6, 6.07) is 9.50. The van der Waals surface area contributed by atoms with Crippen molar-refractivity contribution < 1.29 is 29.6 Å². The van der Waals surface area contributed by atoms with Gasteiger partial charge in [0.25, 0.3) is 0 Å². The maximum Gasteiger partial charge on any atom is 0.190 e. The monoisotopic (exact) mass is 676 g/mol. The summed E-state index contributed by atoms with van der Waals surface area (Å²) >= 11 is 0. The lowest BCUT2D eigenvalue weighted by molar-refractivity contribution is -0.121. The number of ether oxygens (including phenoxy) is 2. The second kappa shape index (κ2) is 14.7. The lowest BCUT2D eigenvalue weighted by Gasteiger charge is -2.28. The number of rotatable bonds is 9. The molecule has 10 heteroatoms. The zero-order valence-electron chi connectivity index (χ0n) is 28.2. The van der Waals surface area contributed by atoms with E-state index in [2.05, 4.69) is 40.4 Å². The van der Waals surface area contributed by atoms with E-state index >= 15 is 0 Å². The molecule has 0 saturated heterocycles. The Kier molecular flexibility index (Phi) is 10.0. The van der Waals surface area contributed by atoms with Crippen molar-refractivity contribution in [3.8, 4) is 35.4 Å². The third-order valence-corrected chi connectivity index (χ3v) is 10.0. The van der Waals surface area contributed by atoms with Crippen molar-refractivity contribution in [2.75, 3.05) is 6.54 Å². The molecule has 0 saturated carbocycles. The first-order chi connectivity index (χ1) is 24.3. The number of nitrogens with zero attached hydrogens (tertiary/aromatic N) is 1. The number of aromatic nitrogens is 2. The number of aliphatic hydroxyl groups is 3. The molecule has 2 aromatic heterocycles. The van der Waals surface area contributed by atoms with E-state index < -0.39 is 30.5 Å². The summed E-state index contributed by atoms with van der Waals surface area (Å²) in [6.45, 7) is 2.74. The average Bonchev–Trinajstić information content (AvgIpc) is 3.69. The van der Waals surface area contributed by atoms with Gasteiger partial charge in [0.2, 0.25) is 0 Å². The Morgan fingerprint density at radius 1 is 1.10 bits per heavy atom. The van der Waals surface area contributed by atoms with Crippen LogP contribution in [0.4, 0.5) is 0 Å². The number of hydrogen-bond acceptors (Lipinski definition) is 8. The summed E-state index contributed by atoms with van der Waals surface area (Å²) in [5.74, 6) is 10.00. The number of aliphatic hydroxyl groups excluding tert-OH is 3. The zero-order valence-corrected chi connectivity index (χ0v) is 28.2. The molecule has 6 atom stereocenters. The Morgan fingerprint density at radius 3 is 2.82 bits per heavy atom. The van der Waals surface area contributed by atoms with Crippen molar-refractivity contribution in [1.29, 1.82) is 0 Å². The van der Waals surface area contributed by atoms with E-state index in [9.17, 15) is 20.1 Å². The van der Waals surface area contributed by atoms with Crippen LogP contribution in [0.15, 0.2) is 48.9 Å². The van der Waals surface area contributed by atoms with Gasteiger partial charge in [0.05, 0.1) is 29.8 Å². The molecule has 50 heavy (non-hydrogen) atoms. The van der Waals surface area contributed by atoms with E-state index in [0.29, 0.717) is 37.2 Å². The van der Waals surface area contributed by atoms with Crippen molar-refractivity contribution in [3.63, 3.8) is 0 Å². The molecule has 10 nitrogen and oxygen atoms in total. The number of H-pyrrole nitrogens is 1. The van der Waals surface area contributed by atoms with E-state index in [0.717, 1.165) is 58.1 Å². The van der Waals surface area contributed by atoms with Crippen molar-refractivity contribution in [2.24, 2.45) is 11.7 Å². The van der Waals surface area contributed by atoms with Crippen LogP contribution in [0.5, 0.6) is 11.5 Å². The van der Waals surface area contributed by atoms with Gasteiger partial charge in [-0.15, -0.1) is 0 Å². The number of Topliss-reactive ketones (excluding diaryl/α,β-unsaturated/α-hetero) is 1. The summed E-state index contributed by atoms with van der Waals surface area (Å²) in [5.41, 5.74) is 13.4. The van der Waals surface area contributed by atoms with Gasteiger partial charge in [-0.25, -0.2) is 0 Å². The van der Waals surface area contributed by atoms with E-state index in [1.807, 2.05) is 48.1 Å². The lowest BCUT2D eigenvalue weighted by atomic mass is 9.85. The van der Waals surface area contributed by atoms with Crippen molar-refractivity contribution in [1.82, 2.24) is 14.9 Å². The van der Waals surface area contributed by atoms with Gasteiger partial charge in [0.1, 0.15) is 18.0 Å². The van der Waals surface area contributed by atoms with Crippen molar-refractivity contribution >= 4 is 16.7 Å². The second-order valence-electron chi connectivity index (χ2n) is 13.7. The first kappa shape index (κ1) is 33.9. The minimum Gasteiger partial charge on any atom is -0.465 e. The highest BCUT2D eigenvalue weighted by Crippen LogP contribution is 2.38. The van der Waals surface area contributed by atoms with Crippen LogP contribution in [-0.2, 0) is 24.1 Å². The maximum atomic E-state index is 12.7. The normalized spacial score (nSPS) is 22.0. The fourth-order valence-corrected chi connectivity index (χ4v) is 7.41. The van der Waals surface area contributed by atoms with E-state index in [1.54, 1.807) is 6.07 Å². The molecule has 5 heterocycles. The number of nitrogens with two attached hydrogens (primary N) is 1. The highest BCUT2D eigenvalue weighted by molar-refractivity contribution is 5.83. The van der Waals surface area contributed by atoms with Gasteiger partial charge in [0, 0.05) is 56.2 Å². The van der Waals surface area contributed by atoms with Crippen molar-refractivity contribution in [2.45, 2.75) is 95.4 Å². The quantitative estimate of drug-likeness (QED) is 0.142. The second-order valence-corrected chi connectivity index (χ2v) is 13.7. The summed E-state index contributed by atoms with van der Waals surface area (Å²) in [7, 11) is 0. The SMILES string of the molecule is CCCC(O)CC(O)CC(=O)CCc1ccc2c(c1)OC1C(C#CC(O)c3ccc4c(c3Cc3c[nH]c5cn1cc35)CCNC4N)CC#CO2. The molecular formula is C40H44N4O6. The predicted octanol–water partition coefficient (Wildman–Crippen LogP) is 4.45. The molecule has 0 fully saturated rings. The average molecular weight is 677 g/mol. The standard InChI is InChI=1S/C40H44N4O6/c1-2-4-27(45)19-29(47)20-28(46)9-6-24-7-13-37-38(17-24)50-40-25(5-3-16-49-37)8-12-36(48)31-10-11-32-30(14-15-42-39(32)41)33(31)18-26-21-43-35-23-44(40)22-34(26)35/h7,10-11,13,17,21-23,25,27,29,36,39-40,42-43,45,47-48H,2,4-6,9,14-15,18-20,41H2,1H3. The number of carbonyl (C=O) groups excluding carboxylic acids is 1. The zero-order chi connectivity index (χ0) is 34.8. The fraction of sp³-hybridized carbons (Fsp3) is 0.425. The molecule has 0 amide bonds. The molecule has 3 aliphatic rings. The molecule has 3 aliphatic heterocycles. The van der Waals surface area contributed by atoms with E-state index in [4.69, 9.17) is 15.2 Å². The molecule has 2 bridgehead atoms. The molecule has 4 aromatic rings. The van der Waals surface area contributed by atoms with Crippen LogP contribution < -0.4 is 20.5 Å². The Labute approximate surface area is 292 Å². The highest BCUT2D eigenvalue weighted by Gasteiger charge is 2.29. The predicted molar refractivity (Wildman–Crippen MR) is 189 cm³/mol. The molecule has 260 valence electrons. The van der Waals surface area contributed by atoms with Crippen LogP contribution in [0.2, 0.25) is 0 Å². The number of nitrogens with one attached hydrogen (secondary N) is 2. The van der Waals surface area contributed by atoms with Gasteiger partial charge in [-0.2, -0.15) is 0 Å². The Hall–Kier alpha value is -4.55. The Bertz CT molecular complexity index is 2010. The van der Waals surface area contributed by atoms with Crippen LogP contribution in [0.1, 0.15) is 97.3 Å². The molecule has 0 radical (unpaired) electrons. The minimum atomic E-state index is -1.02. The molecule has 0 spiro atoms. The molecular weight excluding hydrogens is 632 g/mol. The third kappa shape index (κ3) is 7.18. The van der Waals surface area contributed by atoms with Gasteiger partial charge in [-0.05, 0) is 71.2 Å². The van der Waals surface area contributed by atoms with Crippen LogP contribution in [0.25, 0.3) is 10.9 Å². The number of aryl methyl sites for hydroxylation is 1. The van der Waals surface area contributed by atoms with Crippen LogP contribution in [-0.4, -0.2) is 49.4 Å². The fourth-order valence-electron chi connectivity index (χ4n) is 7.41. The van der Waals surface area contributed by atoms with Crippen LogP contribution in [0, 0.1) is 29.8 Å². The summed E-state index contributed by atoms with van der Waals surface area (Å²) < 4.78 is 14.6. The van der Waals surface area contributed by atoms with E-state index in [1.165, 1.54) is 5.56 Å². The van der Waals surface area contributed by atoms with Gasteiger partial charge in [-0.3, -0.25) is 10.1 Å². The Balaban J connectivity index is 1.19. The maximum absolute atomic E-state index is 12.7. The molecule has 7 rings (SSSR count). The first-order valence-electron chi connectivity index (χ1n) is 17.6. The number of carbonyl (C=O) groups is 1. The van der Waals surface area contributed by atoms with Gasteiger partial charge >= 0.3 is 0 Å². The molecule has 6 unspecified atom stereocenters. The van der Waals surface area contributed by atoms with Crippen LogP contribution >= 0.6 is 0 Å². The van der Waals surface area contributed by atoms with Gasteiger partial charge in [0.15, 0.2) is 17.7 Å². The minimum absolute atomic E-state index is 0.00958. The van der Waals surface area contributed by atoms with Crippen LogP contribution in [0.3, 0.4) is 0 Å². The Morgan fingerprint density at radius 2 is 1.96 bits per heavy atom.